The number of amides is 1. The van der Waals surface area contributed by atoms with Gasteiger partial charge in [0.15, 0.2) is 0 Å². The van der Waals surface area contributed by atoms with Gasteiger partial charge >= 0.3 is 6.03 Å². The molecule has 0 spiro atoms. The Morgan fingerprint density at radius 1 is 0.967 bits per heavy atom. The number of aromatic nitrogens is 4. The van der Waals surface area contributed by atoms with Gasteiger partial charge < -0.3 is 4.74 Å². The predicted molar refractivity (Wildman–Crippen MR) is 111 cm³/mol. The van der Waals surface area contributed by atoms with E-state index in [1.807, 2.05) is 0 Å². The van der Waals surface area contributed by atoms with Gasteiger partial charge in [-0.05, 0) is 60.7 Å². The number of benzene rings is 2. The number of hydrogen-bond acceptors (Lipinski definition) is 5. The van der Waals surface area contributed by atoms with Crippen molar-refractivity contribution in [2.75, 3.05) is 19.1 Å². The number of carbonyl (C=O) groups is 1. The van der Waals surface area contributed by atoms with E-state index in [0.717, 1.165) is 0 Å². The van der Waals surface area contributed by atoms with Crippen LogP contribution in [0.2, 0.25) is 0 Å². The fourth-order valence-electron chi connectivity index (χ4n) is 3.05. The Morgan fingerprint density at radius 3 is 2.27 bits per heavy atom. The number of nitrogens with zero attached hydrogens (tertiary/aromatic N) is 5. The Balaban J connectivity index is 1.79. The van der Waals surface area contributed by atoms with E-state index in [9.17, 15) is 9.18 Å². The summed E-state index contributed by atoms with van der Waals surface area (Å²) < 4.78 is 19.8. The summed E-state index contributed by atoms with van der Waals surface area (Å²) in [5.74, 6) is 0.336. The molecule has 0 saturated carbocycles. The van der Waals surface area contributed by atoms with Crippen LogP contribution < -0.4 is 9.64 Å². The first-order valence-corrected chi connectivity index (χ1v) is 9.12. The van der Waals surface area contributed by atoms with E-state index in [1.165, 1.54) is 21.7 Å². The van der Waals surface area contributed by atoms with Crippen LogP contribution in [0, 0.1) is 5.82 Å². The summed E-state index contributed by atoms with van der Waals surface area (Å²) in [5, 5.41) is 8.33. The molecule has 0 aliphatic rings. The summed E-state index contributed by atoms with van der Waals surface area (Å²) in [6.45, 7) is 0. The Morgan fingerprint density at radius 2 is 1.63 bits per heavy atom. The lowest BCUT2D eigenvalue weighted by molar-refractivity contribution is 0.246. The first-order chi connectivity index (χ1) is 14.6. The van der Waals surface area contributed by atoms with E-state index in [4.69, 9.17) is 4.74 Å². The third-order valence-corrected chi connectivity index (χ3v) is 4.67. The van der Waals surface area contributed by atoms with Gasteiger partial charge in [-0.2, -0.15) is 4.68 Å². The quantitative estimate of drug-likeness (QED) is 0.509. The van der Waals surface area contributed by atoms with Crippen molar-refractivity contribution in [1.29, 1.82) is 0 Å². The Hall–Kier alpha value is -4.07. The highest BCUT2D eigenvalue weighted by molar-refractivity contribution is 5.96. The molecule has 2 aromatic carbocycles. The fraction of sp³-hybridized carbons (Fsp3) is 0.0909. The molecule has 0 aliphatic heterocycles. The van der Waals surface area contributed by atoms with Crippen LogP contribution in [0.5, 0.6) is 5.75 Å². The summed E-state index contributed by atoms with van der Waals surface area (Å²) in [6, 6.07) is 16.1. The summed E-state index contributed by atoms with van der Waals surface area (Å²) in [5.41, 5.74) is 2.99. The summed E-state index contributed by atoms with van der Waals surface area (Å²) in [4.78, 5) is 18.8. The molecule has 0 fully saturated rings. The first kappa shape index (κ1) is 19.3. The molecule has 4 aromatic rings. The third-order valence-electron chi connectivity index (χ3n) is 4.67. The van der Waals surface area contributed by atoms with Crippen molar-refractivity contribution >= 4 is 11.7 Å². The smallest absolute Gasteiger partial charge is 0.350 e. The standard InChI is InChI=1S/C22H18FN5O2/c1-27(18-7-9-19(30-2)10-8-18)22(29)28-21(16-11-13-24-14-12-16)20(25-26-28)15-3-5-17(23)6-4-15/h3-14H,1-2H3. The lowest BCUT2D eigenvalue weighted by Gasteiger charge is -2.18. The van der Waals surface area contributed by atoms with Gasteiger partial charge in [0.05, 0.1) is 7.11 Å². The average molecular weight is 403 g/mol. The average Bonchev–Trinajstić information content (AvgIpc) is 3.24. The lowest BCUT2D eigenvalue weighted by Crippen LogP contribution is -2.32. The van der Waals surface area contributed by atoms with Gasteiger partial charge in [0.1, 0.15) is 23.0 Å². The van der Waals surface area contributed by atoms with Crippen molar-refractivity contribution in [3.05, 3.63) is 78.9 Å². The van der Waals surface area contributed by atoms with Crippen molar-refractivity contribution in [3.63, 3.8) is 0 Å². The van der Waals surface area contributed by atoms with Crippen LogP contribution in [-0.4, -0.2) is 40.2 Å². The Labute approximate surface area is 172 Å². The molecule has 0 unspecified atom stereocenters. The van der Waals surface area contributed by atoms with Gasteiger partial charge in [0.25, 0.3) is 0 Å². The van der Waals surface area contributed by atoms with E-state index in [2.05, 4.69) is 15.3 Å². The number of rotatable bonds is 4. The zero-order valence-electron chi connectivity index (χ0n) is 16.4. The molecule has 8 heteroatoms. The maximum atomic E-state index is 13.4. The molecule has 0 bridgehead atoms. The topological polar surface area (TPSA) is 73.1 Å². The number of pyridine rings is 1. The molecular weight excluding hydrogens is 385 g/mol. The minimum Gasteiger partial charge on any atom is -0.497 e. The minimum atomic E-state index is -0.396. The second kappa shape index (κ2) is 8.12. The number of ether oxygens (including phenoxy) is 1. The van der Waals surface area contributed by atoms with Crippen LogP contribution in [0.1, 0.15) is 0 Å². The molecule has 1 amide bonds. The van der Waals surface area contributed by atoms with E-state index in [-0.39, 0.29) is 5.82 Å². The van der Waals surface area contributed by atoms with Crippen molar-refractivity contribution in [2.45, 2.75) is 0 Å². The van der Waals surface area contributed by atoms with Gasteiger partial charge in [-0.1, -0.05) is 5.21 Å². The number of carbonyl (C=O) groups excluding carboxylic acids is 1. The van der Waals surface area contributed by atoms with Crippen LogP contribution >= 0.6 is 0 Å². The molecule has 0 N–H and O–H groups in total. The fourth-order valence-corrected chi connectivity index (χ4v) is 3.05. The number of hydrogen-bond donors (Lipinski definition) is 0. The number of methoxy groups -OCH3 is 1. The van der Waals surface area contributed by atoms with Crippen LogP contribution in [0.25, 0.3) is 22.5 Å². The maximum Gasteiger partial charge on any atom is 0.350 e. The van der Waals surface area contributed by atoms with Crippen LogP contribution in [0.4, 0.5) is 14.9 Å². The molecule has 2 heterocycles. The van der Waals surface area contributed by atoms with Crippen LogP contribution in [0.15, 0.2) is 73.1 Å². The van der Waals surface area contributed by atoms with Crippen LogP contribution in [0.3, 0.4) is 0 Å². The molecule has 7 nitrogen and oxygen atoms in total. The minimum absolute atomic E-state index is 0.355. The normalized spacial score (nSPS) is 10.6. The molecule has 2 aromatic heterocycles. The largest absolute Gasteiger partial charge is 0.497 e. The molecular formula is C22H18FN5O2. The third kappa shape index (κ3) is 3.62. The predicted octanol–water partition coefficient (Wildman–Crippen LogP) is 4.26. The van der Waals surface area contributed by atoms with Crippen molar-refractivity contribution in [2.24, 2.45) is 0 Å². The van der Waals surface area contributed by atoms with Crippen molar-refractivity contribution in [3.8, 4) is 28.3 Å². The highest BCUT2D eigenvalue weighted by atomic mass is 19.1. The Kier molecular flexibility index (Phi) is 5.21. The van der Waals surface area contributed by atoms with Crippen molar-refractivity contribution < 1.29 is 13.9 Å². The summed E-state index contributed by atoms with van der Waals surface area (Å²) in [6.07, 6.45) is 3.25. The number of halogens is 1. The summed E-state index contributed by atoms with van der Waals surface area (Å²) in [7, 11) is 3.23. The molecule has 0 atom stereocenters. The molecule has 0 aliphatic carbocycles. The lowest BCUT2D eigenvalue weighted by atomic mass is 10.1. The zero-order valence-corrected chi connectivity index (χ0v) is 16.4. The number of anilines is 1. The molecule has 0 radical (unpaired) electrons. The van der Waals surface area contributed by atoms with Gasteiger partial charge in [-0.3, -0.25) is 9.88 Å². The second-order valence-electron chi connectivity index (χ2n) is 6.48. The van der Waals surface area contributed by atoms with E-state index >= 15 is 0 Å². The zero-order chi connectivity index (χ0) is 21.1. The van der Waals surface area contributed by atoms with E-state index < -0.39 is 6.03 Å². The van der Waals surface area contributed by atoms with Gasteiger partial charge in [0.2, 0.25) is 0 Å². The maximum absolute atomic E-state index is 13.4. The first-order valence-electron chi connectivity index (χ1n) is 9.12. The van der Waals surface area contributed by atoms with Gasteiger partial charge in [-0.25, -0.2) is 9.18 Å². The molecule has 0 saturated heterocycles. The van der Waals surface area contributed by atoms with E-state index in [1.54, 1.807) is 75.1 Å². The van der Waals surface area contributed by atoms with Crippen molar-refractivity contribution in [1.82, 2.24) is 20.0 Å². The summed E-state index contributed by atoms with van der Waals surface area (Å²) >= 11 is 0. The molecule has 30 heavy (non-hydrogen) atoms. The highest BCUT2D eigenvalue weighted by Crippen LogP contribution is 2.31. The highest BCUT2D eigenvalue weighted by Gasteiger charge is 2.24. The van der Waals surface area contributed by atoms with Crippen LogP contribution in [-0.2, 0) is 0 Å². The SMILES string of the molecule is COc1ccc(N(C)C(=O)n2nnc(-c3ccc(F)cc3)c2-c2ccncc2)cc1. The molecule has 150 valence electrons. The molecule has 4 rings (SSSR count). The van der Waals surface area contributed by atoms with E-state index in [0.29, 0.717) is 34.0 Å². The monoisotopic (exact) mass is 403 g/mol. The van der Waals surface area contributed by atoms with Gasteiger partial charge in [0, 0.05) is 36.3 Å². The Bertz CT molecular complexity index is 1160. The second-order valence-corrected chi connectivity index (χ2v) is 6.48. The van der Waals surface area contributed by atoms with Gasteiger partial charge in [-0.15, -0.1) is 5.10 Å².